The summed E-state index contributed by atoms with van der Waals surface area (Å²) in [7, 11) is 0. The fraction of sp³-hybridized carbons (Fsp3) is 0.462. The molecule has 0 bridgehead atoms. The molecule has 1 saturated heterocycles. The number of hydrogen-bond acceptors (Lipinski definition) is 1. The van der Waals surface area contributed by atoms with E-state index in [1.807, 2.05) is 4.90 Å². The molecular weight excluding hydrogens is 271 g/mol. The van der Waals surface area contributed by atoms with E-state index in [9.17, 15) is 4.79 Å². The first-order valence-corrected chi connectivity index (χ1v) is 6.85. The largest absolute Gasteiger partial charge is 0.322 e. The van der Waals surface area contributed by atoms with Crippen LogP contribution in [-0.4, -0.2) is 23.5 Å². The lowest BCUT2D eigenvalue weighted by molar-refractivity contribution is 0.170. The number of carbonyl (C=O) groups is 1. The molecule has 98 valence electrons. The van der Waals surface area contributed by atoms with Crippen LogP contribution in [0.3, 0.4) is 0 Å². The summed E-state index contributed by atoms with van der Waals surface area (Å²) in [5.74, 6) is 0. The van der Waals surface area contributed by atoms with Gasteiger partial charge in [0.2, 0.25) is 0 Å². The van der Waals surface area contributed by atoms with E-state index in [-0.39, 0.29) is 12.1 Å². The van der Waals surface area contributed by atoms with E-state index in [0.717, 1.165) is 19.4 Å². The average Bonchev–Trinajstić information content (AvgIpc) is 2.27. The summed E-state index contributed by atoms with van der Waals surface area (Å²) >= 11 is 11.8. The van der Waals surface area contributed by atoms with E-state index < -0.39 is 0 Å². The van der Waals surface area contributed by atoms with Gasteiger partial charge in [0.25, 0.3) is 0 Å². The zero-order valence-corrected chi connectivity index (χ0v) is 11.8. The normalized spacial score (nSPS) is 19.7. The molecule has 1 heterocycles. The minimum Gasteiger partial charge on any atom is -0.322 e. The smallest absolute Gasteiger partial charge is 0.322 e. The zero-order chi connectivity index (χ0) is 13.1. The molecule has 0 aromatic heterocycles. The minimum absolute atomic E-state index is 0.0828. The lowest BCUT2D eigenvalue weighted by Crippen LogP contribution is -2.44. The first-order chi connectivity index (χ1) is 8.56. The Hall–Kier alpha value is -0.930. The van der Waals surface area contributed by atoms with Crippen molar-refractivity contribution in [3.8, 4) is 0 Å². The van der Waals surface area contributed by atoms with Crippen LogP contribution in [0.2, 0.25) is 10.0 Å². The van der Waals surface area contributed by atoms with Gasteiger partial charge in [0.1, 0.15) is 0 Å². The van der Waals surface area contributed by atoms with Crippen LogP contribution >= 0.6 is 23.2 Å². The average molecular weight is 287 g/mol. The number of benzene rings is 1. The maximum absolute atomic E-state index is 12.1. The third kappa shape index (κ3) is 3.30. The number of nitrogens with zero attached hydrogens (tertiary/aromatic N) is 1. The summed E-state index contributed by atoms with van der Waals surface area (Å²) < 4.78 is 0. The van der Waals surface area contributed by atoms with Crippen molar-refractivity contribution < 1.29 is 4.79 Å². The van der Waals surface area contributed by atoms with E-state index in [2.05, 4.69) is 12.2 Å². The number of halogens is 2. The van der Waals surface area contributed by atoms with Gasteiger partial charge in [0.05, 0.1) is 0 Å². The lowest BCUT2D eigenvalue weighted by atomic mass is 10.0. The van der Waals surface area contributed by atoms with Gasteiger partial charge in [0.15, 0.2) is 0 Å². The minimum atomic E-state index is -0.0828. The second-order valence-electron chi connectivity index (χ2n) is 4.63. The monoisotopic (exact) mass is 286 g/mol. The van der Waals surface area contributed by atoms with Crippen molar-refractivity contribution in [3.05, 3.63) is 28.2 Å². The molecule has 0 aliphatic carbocycles. The van der Waals surface area contributed by atoms with E-state index in [1.54, 1.807) is 18.2 Å². The molecule has 0 spiro atoms. The topological polar surface area (TPSA) is 32.3 Å². The molecule has 2 amide bonds. The van der Waals surface area contributed by atoms with Crippen molar-refractivity contribution in [1.29, 1.82) is 0 Å². The van der Waals surface area contributed by atoms with Crippen molar-refractivity contribution in [2.45, 2.75) is 32.2 Å². The van der Waals surface area contributed by atoms with Crippen LogP contribution in [0.1, 0.15) is 26.2 Å². The van der Waals surface area contributed by atoms with Gasteiger partial charge in [-0.15, -0.1) is 0 Å². The highest BCUT2D eigenvalue weighted by Gasteiger charge is 2.23. The molecule has 18 heavy (non-hydrogen) atoms. The van der Waals surface area contributed by atoms with Crippen LogP contribution < -0.4 is 5.32 Å². The number of urea groups is 1. The first kappa shape index (κ1) is 13.5. The van der Waals surface area contributed by atoms with Crippen LogP contribution in [0.5, 0.6) is 0 Å². The van der Waals surface area contributed by atoms with E-state index >= 15 is 0 Å². The van der Waals surface area contributed by atoms with Gasteiger partial charge in [-0.2, -0.15) is 0 Å². The molecule has 0 radical (unpaired) electrons. The van der Waals surface area contributed by atoms with Crippen molar-refractivity contribution >= 4 is 34.9 Å². The molecule has 0 saturated carbocycles. The molecule has 1 aliphatic rings. The summed E-state index contributed by atoms with van der Waals surface area (Å²) in [6.45, 7) is 2.88. The number of piperidine rings is 1. The Kier molecular flexibility index (Phi) is 4.36. The summed E-state index contributed by atoms with van der Waals surface area (Å²) in [5, 5.41) is 3.88. The highest BCUT2D eigenvalue weighted by molar-refractivity contribution is 6.35. The lowest BCUT2D eigenvalue weighted by Gasteiger charge is -2.33. The van der Waals surface area contributed by atoms with Crippen LogP contribution in [0.4, 0.5) is 10.5 Å². The maximum atomic E-state index is 12.1. The Morgan fingerprint density at radius 2 is 1.94 bits per heavy atom. The number of carbonyl (C=O) groups excluding carboxylic acids is 1. The van der Waals surface area contributed by atoms with Crippen LogP contribution in [0, 0.1) is 0 Å². The molecule has 1 aliphatic heterocycles. The fourth-order valence-corrected chi connectivity index (χ4v) is 2.75. The predicted octanol–water partition coefficient (Wildman–Crippen LogP) is 4.40. The summed E-state index contributed by atoms with van der Waals surface area (Å²) in [6.07, 6.45) is 3.31. The third-order valence-electron chi connectivity index (χ3n) is 3.18. The Morgan fingerprint density at radius 3 is 2.56 bits per heavy atom. The Morgan fingerprint density at radius 1 is 1.28 bits per heavy atom. The van der Waals surface area contributed by atoms with Gasteiger partial charge in [-0.3, -0.25) is 0 Å². The molecule has 3 nitrogen and oxygen atoms in total. The highest BCUT2D eigenvalue weighted by atomic mass is 35.5. The van der Waals surface area contributed by atoms with Gasteiger partial charge in [0, 0.05) is 28.3 Å². The predicted molar refractivity (Wildman–Crippen MR) is 75.5 cm³/mol. The first-order valence-electron chi connectivity index (χ1n) is 6.10. The Labute approximate surface area is 117 Å². The summed E-state index contributed by atoms with van der Waals surface area (Å²) in [5.41, 5.74) is 0.635. The van der Waals surface area contributed by atoms with Crippen molar-refractivity contribution in [2.24, 2.45) is 0 Å². The van der Waals surface area contributed by atoms with Gasteiger partial charge >= 0.3 is 6.03 Å². The molecule has 1 N–H and O–H groups in total. The fourth-order valence-electron chi connectivity index (χ4n) is 2.22. The number of anilines is 1. The zero-order valence-electron chi connectivity index (χ0n) is 10.2. The maximum Gasteiger partial charge on any atom is 0.322 e. The molecule has 1 fully saturated rings. The molecular formula is C13H16Cl2N2O. The standard InChI is InChI=1S/C13H16Cl2N2O/c1-9-4-2-3-5-17(9)13(18)16-12-7-10(14)6-11(15)8-12/h6-9H,2-5H2,1H3,(H,16,18). The molecule has 1 aromatic carbocycles. The number of nitrogens with one attached hydrogen (secondary N) is 1. The third-order valence-corrected chi connectivity index (χ3v) is 3.61. The van der Waals surface area contributed by atoms with Gasteiger partial charge in [-0.25, -0.2) is 4.79 Å². The molecule has 1 aromatic rings. The van der Waals surface area contributed by atoms with Gasteiger partial charge < -0.3 is 10.2 Å². The van der Waals surface area contributed by atoms with Crippen LogP contribution in [0.15, 0.2) is 18.2 Å². The Bertz CT molecular complexity index is 430. The summed E-state index contributed by atoms with van der Waals surface area (Å²) in [6, 6.07) is 5.23. The second kappa shape index (κ2) is 5.81. The molecule has 2 rings (SSSR count). The van der Waals surface area contributed by atoms with E-state index in [4.69, 9.17) is 23.2 Å². The highest BCUT2D eigenvalue weighted by Crippen LogP contribution is 2.24. The van der Waals surface area contributed by atoms with Gasteiger partial charge in [-0.1, -0.05) is 23.2 Å². The second-order valence-corrected chi connectivity index (χ2v) is 5.50. The summed E-state index contributed by atoms with van der Waals surface area (Å²) in [4.78, 5) is 14.0. The van der Waals surface area contributed by atoms with Gasteiger partial charge in [-0.05, 0) is 44.4 Å². The number of amides is 2. The quantitative estimate of drug-likeness (QED) is 0.815. The molecule has 5 heteroatoms. The van der Waals surface area contributed by atoms with Crippen molar-refractivity contribution in [2.75, 3.05) is 11.9 Å². The molecule has 1 unspecified atom stereocenters. The SMILES string of the molecule is CC1CCCCN1C(=O)Nc1cc(Cl)cc(Cl)c1. The van der Waals surface area contributed by atoms with E-state index in [1.165, 1.54) is 6.42 Å². The number of hydrogen-bond donors (Lipinski definition) is 1. The number of likely N-dealkylation sites (tertiary alicyclic amines) is 1. The molecule has 1 atom stereocenters. The van der Waals surface area contributed by atoms with Crippen LogP contribution in [0.25, 0.3) is 0 Å². The van der Waals surface area contributed by atoms with Crippen molar-refractivity contribution in [1.82, 2.24) is 4.90 Å². The Balaban J connectivity index is 2.06. The van der Waals surface area contributed by atoms with Crippen molar-refractivity contribution in [3.63, 3.8) is 0 Å². The number of rotatable bonds is 1. The van der Waals surface area contributed by atoms with Crippen LogP contribution in [-0.2, 0) is 0 Å². The van der Waals surface area contributed by atoms with E-state index in [0.29, 0.717) is 15.7 Å².